The number of likely N-dealkylation sites (N-methyl/N-ethyl adjacent to an activating group) is 1. The molecule has 1 aromatic carbocycles. The number of nitriles is 1. The van der Waals surface area contributed by atoms with Crippen molar-refractivity contribution < 1.29 is 15.0 Å². The van der Waals surface area contributed by atoms with E-state index in [0.29, 0.717) is 5.56 Å². The highest BCUT2D eigenvalue weighted by molar-refractivity contribution is 6.67. The van der Waals surface area contributed by atoms with E-state index in [2.05, 4.69) is 10.9 Å². The largest absolute Gasteiger partial charge is 0.478 e. The molecular formula is C17H24BN3O3. The number of rotatable bonds is 2. The monoisotopic (exact) mass is 329 g/mol. The summed E-state index contributed by atoms with van der Waals surface area (Å²) in [7, 11) is 1.94. The molecule has 0 spiro atoms. The number of carboxylic acid groups (broad SMARTS) is 1. The van der Waals surface area contributed by atoms with Crippen LogP contribution in [-0.2, 0) is 6.61 Å². The molecule has 2 heterocycles. The van der Waals surface area contributed by atoms with Gasteiger partial charge in [0.05, 0.1) is 23.5 Å². The Morgan fingerprint density at radius 2 is 2.12 bits per heavy atom. The fourth-order valence-corrected chi connectivity index (χ4v) is 3.56. The molecule has 2 aliphatic rings. The Kier molecular flexibility index (Phi) is 5.73. The number of anilines is 2. The van der Waals surface area contributed by atoms with Crippen molar-refractivity contribution in [2.24, 2.45) is 0 Å². The summed E-state index contributed by atoms with van der Waals surface area (Å²) in [6, 6.07) is 3.70. The first-order valence-electron chi connectivity index (χ1n) is 8.43. The van der Waals surface area contributed by atoms with Crippen LogP contribution in [0, 0.1) is 11.2 Å². The van der Waals surface area contributed by atoms with Crippen LogP contribution >= 0.6 is 0 Å². The number of carboxylic acids is 1. The topological polar surface area (TPSA) is 87.8 Å². The second-order valence-electron chi connectivity index (χ2n) is 6.04. The number of benzene rings is 1. The molecule has 0 amide bonds. The summed E-state index contributed by atoms with van der Waals surface area (Å²) in [5, 5.41) is 27.9. The van der Waals surface area contributed by atoms with Crippen LogP contribution in [0.2, 0.25) is 12.6 Å². The molecule has 128 valence electrons. The van der Waals surface area contributed by atoms with Crippen molar-refractivity contribution in [3.63, 3.8) is 0 Å². The number of aromatic carboxylic acids is 1. The normalized spacial score (nSPS) is 18.8. The first kappa shape index (κ1) is 18.1. The van der Waals surface area contributed by atoms with Gasteiger partial charge in [-0.25, -0.2) is 10.1 Å². The van der Waals surface area contributed by atoms with Crippen molar-refractivity contribution >= 4 is 24.1 Å². The standard InChI is InChI=1S/C15H18BN3O3.C2H6/c1-18-7-11-6-16(9-17)2-3-19(11)14-4-10(8-20)12(15(21)22)5-13(14)18;1-2/h4-5,11,20H,2-3,6-8H2,1H3,(H,21,22);1-2H3. The highest BCUT2D eigenvalue weighted by atomic mass is 16.4. The Morgan fingerprint density at radius 3 is 2.71 bits per heavy atom. The summed E-state index contributed by atoms with van der Waals surface area (Å²) < 4.78 is 0. The van der Waals surface area contributed by atoms with Crippen molar-refractivity contribution in [2.75, 3.05) is 29.9 Å². The number of aliphatic hydroxyl groups is 1. The zero-order chi connectivity index (χ0) is 17.9. The minimum atomic E-state index is -1.02. The third-order valence-electron chi connectivity index (χ3n) is 4.70. The minimum Gasteiger partial charge on any atom is -0.478 e. The number of hydrogen-bond donors (Lipinski definition) is 2. The molecule has 2 aliphatic heterocycles. The maximum Gasteiger partial charge on any atom is 0.336 e. The third kappa shape index (κ3) is 3.20. The number of fused-ring (bicyclic) bond motifs is 3. The second kappa shape index (κ2) is 7.58. The Labute approximate surface area is 143 Å². The molecule has 2 N–H and O–H groups in total. The van der Waals surface area contributed by atoms with Crippen LogP contribution in [0.4, 0.5) is 11.4 Å². The van der Waals surface area contributed by atoms with E-state index >= 15 is 0 Å². The molecular weight excluding hydrogens is 305 g/mol. The van der Waals surface area contributed by atoms with Crippen molar-refractivity contribution in [2.45, 2.75) is 39.1 Å². The van der Waals surface area contributed by atoms with Crippen LogP contribution in [0.3, 0.4) is 0 Å². The molecule has 6 nitrogen and oxygen atoms in total. The van der Waals surface area contributed by atoms with Gasteiger partial charge in [-0.3, -0.25) is 0 Å². The lowest BCUT2D eigenvalue weighted by Crippen LogP contribution is -2.53. The molecule has 1 saturated heterocycles. The lowest BCUT2D eigenvalue weighted by Gasteiger charge is -2.46. The molecule has 0 aliphatic carbocycles. The third-order valence-corrected chi connectivity index (χ3v) is 4.70. The van der Waals surface area contributed by atoms with Gasteiger partial charge in [0.15, 0.2) is 0 Å². The fourth-order valence-electron chi connectivity index (χ4n) is 3.56. The number of hydrogen-bond acceptors (Lipinski definition) is 5. The molecule has 1 aromatic rings. The molecule has 1 fully saturated rings. The van der Waals surface area contributed by atoms with Crippen molar-refractivity contribution in [1.29, 1.82) is 5.26 Å². The van der Waals surface area contributed by atoms with Crippen LogP contribution in [0.15, 0.2) is 12.1 Å². The molecule has 24 heavy (non-hydrogen) atoms. The summed E-state index contributed by atoms with van der Waals surface area (Å²) in [6.45, 7) is 5.37. The van der Waals surface area contributed by atoms with E-state index in [1.807, 2.05) is 25.8 Å². The lowest BCUT2D eigenvalue weighted by atomic mass is 9.43. The maximum atomic E-state index is 11.4. The zero-order valence-electron chi connectivity index (χ0n) is 14.5. The van der Waals surface area contributed by atoms with Gasteiger partial charge < -0.3 is 20.0 Å². The SMILES string of the molecule is CC.CN1CC2CB(C#N)CCN2c2cc(CO)c(C(=O)O)cc21. The Morgan fingerprint density at radius 1 is 1.42 bits per heavy atom. The summed E-state index contributed by atoms with van der Waals surface area (Å²) in [5.41, 5.74) is 2.42. The quantitative estimate of drug-likeness (QED) is 0.808. The predicted octanol–water partition coefficient (Wildman–Crippen LogP) is 2.10. The first-order chi connectivity index (χ1) is 11.5. The van der Waals surface area contributed by atoms with Gasteiger partial charge in [0.2, 0.25) is 0 Å². The fraction of sp³-hybridized carbons (Fsp3) is 0.529. The number of carbonyl (C=O) groups is 1. The van der Waals surface area contributed by atoms with Gasteiger partial charge in [0, 0.05) is 32.1 Å². The molecule has 1 atom stereocenters. The van der Waals surface area contributed by atoms with Gasteiger partial charge >= 0.3 is 5.97 Å². The van der Waals surface area contributed by atoms with E-state index < -0.39 is 5.97 Å². The molecule has 0 saturated carbocycles. The van der Waals surface area contributed by atoms with Gasteiger partial charge in [0.25, 0.3) is 6.71 Å². The Balaban J connectivity index is 0.00000100. The van der Waals surface area contributed by atoms with E-state index in [0.717, 1.165) is 37.1 Å². The van der Waals surface area contributed by atoms with E-state index in [1.54, 1.807) is 12.1 Å². The highest BCUT2D eigenvalue weighted by Crippen LogP contribution is 2.40. The molecule has 0 aromatic heterocycles. The van der Waals surface area contributed by atoms with Crippen LogP contribution in [0.25, 0.3) is 0 Å². The van der Waals surface area contributed by atoms with Gasteiger partial charge in [-0.05, 0) is 30.3 Å². The van der Waals surface area contributed by atoms with Gasteiger partial charge in [-0.2, -0.15) is 0 Å². The zero-order valence-corrected chi connectivity index (χ0v) is 14.5. The highest BCUT2D eigenvalue weighted by Gasteiger charge is 2.37. The van der Waals surface area contributed by atoms with Gasteiger partial charge in [-0.15, -0.1) is 0 Å². The second-order valence-corrected chi connectivity index (χ2v) is 6.04. The molecule has 7 heteroatoms. The average molecular weight is 329 g/mol. The first-order valence-corrected chi connectivity index (χ1v) is 8.43. The number of aliphatic hydroxyl groups excluding tert-OH is 1. The molecule has 1 unspecified atom stereocenters. The molecule has 0 bridgehead atoms. The lowest BCUT2D eigenvalue weighted by molar-refractivity contribution is 0.0693. The van der Waals surface area contributed by atoms with Crippen molar-refractivity contribution in [3.8, 4) is 5.97 Å². The van der Waals surface area contributed by atoms with Gasteiger partial charge in [-0.1, -0.05) is 13.8 Å². The smallest absolute Gasteiger partial charge is 0.336 e. The predicted molar refractivity (Wildman–Crippen MR) is 96.1 cm³/mol. The van der Waals surface area contributed by atoms with Crippen LogP contribution in [-0.4, -0.2) is 49.1 Å². The van der Waals surface area contributed by atoms with E-state index in [9.17, 15) is 15.0 Å². The summed E-state index contributed by atoms with van der Waals surface area (Å²) in [5.74, 6) is 1.34. The Hall–Kier alpha value is -2.20. The van der Waals surface area contributed by atoms with Crippen molar-refractivity contribution in [3.05, 3.63) is 23.3 Å². The summed E-state index contributed by atoms with van der Waals surface area (Å²) >= 11 is 0. The molecule has 0 radical (unpaired) electrons. The maximum absolute atomic E-state index is 11.4. The van der Waals surface area contributed by atoms with E-state index in [-0.39, 0.29) is 24.9 Å². The number of nitrogens with zero attached hydrogens (tertiary/aromatic N) is 3. The van der Waals surface area contributed by atoms with Gasteiger partial charge in [0.1, 0.15) is 0 Å². The minimum absolute atomic E-state index is 0.0896. The van der Waals surface area contributed by atoms with Crippen LogP contribution in [0.5, 0.6) is 0 Å². The summed E-state index contributed by atoms with van der Waals surface area (Å²) in [4.78, 5) is 15.7. The van der Waals surface area contributed by atoms with Crippen LogP contribution < -0.4 is 9.80 Å². The van der Waals surface area contributed by atoms with Crippen LogP contribution in [0.1, 0.15) is 29.8 Å². The molecule has 3 rings (SSSR count). The van der Waals surface area contributed by atoms with E-state index in [1.165, 1.54) is 0 Å². The average Bonchev–Trinajstić information content (AvgIpc) is 2.61. The summed E-state index contributed by atoms with van der Waals surface area (Å²) in [6.07, 6.45) is 1.65. The Bertz CT molecular complexity index is 659. The van der Waals surface area contributed by atoms with Crippen molar-refractivity contribution in [1.82, 2.24) is 0 Å². The van der Waals surface area contributed by atoms with E-state index in [4.69, 9.17) is 5.26 Å².